The second-order valence-corrected chi connectivity index (χ2v) is 6.99. The quantitative estimate of drug-likeness (QED) is 0.878. The van der Waals surface area contributed by atoms with Crippen LogP contribution in [0.4, 0.5) is 23.7 Å². The number of carbonyl (C=O) groups is 1. The van der Waals surface area contributed by atoms with E-state index < -0.39 is 11.7 Å². The molecule has 1 heterocycles. The van der Waals surface area contributed by atoms with Gasteiger partial charge in [-0.25, -0.2) is 4.79 Å². The zero-order valence-corrected chi connectivity index (χ0v) is 14.4. The Kier molecular flexibility index (Phi) is 5.11. The Labute approximate surface area is 146 Å². The number of hydrogen-bond acceptors (Lipinski definition) is 2. The summed E-state index contributed by atoms with van der Waals surface area (Å²) in [5.41, 5.74) is -0.0836. The fourth-order valence-corrected chi connectivity index (χ4v) is 3.66. The van der Waals surface area contributed by atoms with Crippen LogP contribution in [0, 0.1) is 5.92 Å². The number of nitrogens with one attached hydrogen (secondary N) is 1. The Morgan fingerprint density at radius 2 is 1.88 bits per heavy atom. The van der Waals surface area contributed by atoms with E-state index >= 15 is 0 Å². The molecule has 138 valence electrons. The van der Waals surface area contributed by atoms with E-state index in [0.717, 1.165) is 25.3 Å². The molecule has 2 atom stereocenters. The van der Waals surface area contributed by atoms with E-state index in [2.05, 4.69) is 12.2 Å². The highest BCUT2D eigenvalue weighted by molar-refractivity contribution is 5.75. The number of urea groups is 1. The number of rotatable bonds is 2. The predicted octanol–water partition coefficient (Wildman–Crippen LogP) is 3.73. The van der Waals surface area contributed by atoms with Crippen molar-refractivity contribution >= 4 is 11.7 Å². The lowest BCUT2D eigenvalue weighted by molar-refractivity contribution is -0.137. The molecule has 2 unspecified atom stereocenters. The first-order valence-electron chi connectivity index (χ1n) is 8.82. The molecule has 7 heteroatoms. The third-order valence-electron chi connectivity index (χ3n) is 5.28. The summed E-state index contributed by atoms with van der Waals surface area (Å²) in [7, 11) is 0. The molecule has 2 amide bonds. The van der Waals surface area contributed by atoms with Crippen molar-refractivity contribution in [3.8, 4) is 0 Å². The summed E-state index contributed by atoms with van der Waals surface area (Å²) >= 11 is 0. The highest BCUT2D eigenvalue weighted by atomic mass is 19.4. The van der Waals surface area contributed by atoms with Crippen molar-refractivity contribution in [2.75, 3.05) is 31.1 Å². The van der Waals surface area contributed by atoms with Crippen LogP contribution in [0.25, 0.3) is 0 Å². The van der Waals surface area contributed by atoms with Gasteiger partial charge in [0, 0.05) is 37.9 Å². The minimum atomic E-state index is -4.34. The van der Waals surface area contributed by atoms with Crippen molar-refractivity contribution in [3.05, 3.63) is 29.8 Å². The standard InChI is InChI=1S/C18H24F3N3O/c1-13-4-2-7-16(13)22-17(25)24-10-8-23(9-11-24)15-6-3-5-14(12-15)18(19,20)21/h3,5-6,12-13,16H,2,4,7-11H2,1H3,(H,22,25). The fraction of sp³-hybridized carbons (Fsp3) is 0.611. The van der Waals surface area contributed by atoms with Crippen molar-refractivity contribution in [2.45, 2.75) is 38.4 Å². The molecule has 25 heavy (non-hydrogen) atoms. The predicted molar refractivity (Wildman–Crippen MR) is 90.6 cm³/mol. The molecule has 4 nitrogen and oxygen atoms in total. The average Bonchev–Trinajstić information content (AvgIpc) is 2.99. The van der Waals surface area contributed by atoms with Gasteiger partial charge < -0.3 is 15.1 Å². The monoisotopic (exact) mass is 355 g/mol. The zero-order chi connectivity index (χ0) is 18.0. The summed E-state index contributed by atoms with van der Waals surface area (Å²) in [6.45, 7) is 4.26. The van der Waals surface area contributed by atoms with E-state index in [4.69, 9.17) is 0 Å². The molecule has 1 N–H and O–H groups in total. The van der Waals surface area contributed by atoms with Gasteiger partial charge >= 0.3 is 12.2 Å². The van der Waals surface area contributed by atoms with Crippen molar-refractivity contribution in [1.82, 2.24) is 10.2 Å². The van der Waals surface area contributed by atoms with Crippen molar-refractivity contribution in [2.24, 2.45) is 5.92 Å². The number of anilines is 1. The van der Waals surface area contributed by atoms with Crippen molar-refractivity contribution in [3.63, 3.8) is 0 Å². The summed E-state index contributed by atoms with van der Waals surface area (Å²) in [5, 5.41) is 3.10. The summed E-state index contributed by atoms with van der Waals surface area (Å²) < 4.78 is 38.5. The maximum atomic E-state index is 12.8. The number of benzene rings is 1. The number of alkyl halides is 3. The van der Waals surface area contributed by atoms with E-state index in [1.54, 1.807) is 11.0 Å². The first kappa shape index (κ1) is 17.9. The lowest BCUT2D eigenvalue weighted by atomic mass is 10.1. The van der Waals surface area contributed by atoms with Gasteiger partial charge in [-0.2, -0.15) is 13.2 Å². The Hall–Kier alpha value is -1.92. The summed E-state index contributed by atoms with van der Waals surface area (Å²) in [6, 6.07) is 5.56. The number of carbonyl (C=O) groups excluding carboxylic acids is 1. The molecular formula is C18H24F3N3O. The molecule has 0 aromatic heterocycles. The largest absolute Gasteiger partial charge is 0.416 e. The number of hydrogen-bond donors (Lipinski definition) is 1. The SMILES string of the molecule is CC1CCCC1NC(=O)N1CCN(c2cccc(C(F)(F)F)c2)CC1. The summed E-state index contributed by atoms with van der Waals surface area (Å²) in [5.74, 6) is 0.510. The van der Waals surface area contributed by atoms with Crippen molar-refractivity contribution in [1.29, 1.82) is 0 Å². The lowest BCUT2D eigenvalue weighted by Crippen LogP contribution is -2.53. The second kappa shape index (κ2) is 7.14. The van der Waals surface area contributed by atoms with E-state index in [1.807, 2.05) is 4.90 Å². The van der Waals surface area contributed by atoms with Gasteiger partial charge in [0.25, 0.3) is 0 Å². The third-order valence-corrected chi connectivity index (χ3v) is 5.28. The van der Waals surface area contributed by atoms with E-state index in [-0.39, 0.29) is 12.1 Å². The molecule has 0 radical (unpaired) electrons. The van der Waals surface area contributed by atoms with Gasteiger partial charge in [-0.3, -0.25) is 0 Å². The van der Waals surface area contributed by atoms with Gasteiger partial charge in [-0.05, 0) is 37.0 Å². The molecule has 1 aliphatic heterocycles. The molecule has 1 saturated carbocycles. The maximum Gasteiger partial charge on any atom is 0.416 e. The van der Waals surface area contributed by atoms with Crippen LogP contribution in [0.1, 0.15) is 31.7 Å². The van der Waals surface area contributed by atoms with Gasteiger partial charge in [0.15, 0.2) is 0 Å². The number of piperazine rings is 1. The highest BCUT2D eigenvalue weighted by Crippen LogP contribution is 2.32. The maximum absolute atomic E-state index is 12.8. The Morgan fingerprint density at radius 3 is 2.48 bits per heavy atom. The van der Waals surface area contributed by atoms with Gasteiger partial charge in [0.1, 0.15) is 0 Å². The van der Waals surface area contributed by atoms with Crippen LogP contribution in [0.15, 0.2) is 24.3 Å². The third kappa shape index (κ3) is 4.19. The lowest BCUT2D eigenvalue weighted by Gasteiger charge is -2.37. The molecule has 1 aromatic rings. The normalized spacial score (nSPS) is 24.5. The molecule has 2 aliphatic rings. The molecule has 2 fully saturated rings. The van der Waals surface area contributed by atoms with Gasteiger partial charge in [0.2, 0.25) is 0 Å². The smallest absolute Gasteiger partial charge is 0.368 e. The highest BCUT2D eigenvalue weighted by Gasteiger charge is 2.32. The van der Waals surface area contributed by atoms with Crippen LogP contribution in [0.2, 0.25) is 0 Å². The molecule has 0 bridgehead atoms. The Balaban J connectivity index is 1.56. The van der Waals surface area contributed by atoms with Crippen LogP contribution < -0.4 is 10.2 Å². The average molecular weight is 355 g/mol. The number of amides is 2. The topological polar surface area (TPSA) is 35.6 Å². The van der Waals surface area contributed by atoms with Gasteiger partial charge in [-0.15, -0.1) is 0 Å². The summed E-state index contributed by atoms with van der Waals surface area (Å²) in [6.07, 6.45) is -1.02. The van der Waals surface area contributed by atoms with Crippen LogP contribution in [-0.4, -0.2) is 43.2 Å². The second-order valence-electron chi connectivity index (χ2n) is 6.99. The van der Waals surface area contributed by atoms with Crippen LogP contribution in [-0.2, 0) is 6.18 Å². The first-order valence-corrected chi connectivity index (χ1v) is 8.82. The first-order chi connectivity index (χ1) is 11.8. The number of halogens is 3. The molecular weight excluding hydrogens is 331 g/mol. The van der Waals surface area contributed by atoms with E-state index in [1.165, 1.54) is 12.1 Å². The molecule has 3 rings (SSSR count). The molecule has 0 spiro atoms. The van der Waals surface area contributed by atoms with Crippen LogP contribution >= 0.6 is 0 Å². The minimum Gasteiger partial charge on any atom is -0.368 e. The van der Waals surface area contributed by atoms with Crippen LogP contribution in [0.3, 0.4) is 0 Å². The number of nitrogens with zero attached hydrogens (tertiary/aromatic N) is 2. The summed E-state index contributed by atoms with van der Waals surface area (Å²) in [4.78, 5) is 16.0. The minimum absolute atomic E-state index is 0.0533. The van der Waals surface area contributed by atoms with E-state index in [9.17, 15) is 18.0 Å². The van der Waals surface area contributed by atoms with E-state index in [0.29, 0.717) is 37.8 Å². The Bertz CT molecular complexity index is 612. The fourth-order valence-electron chi connectivity index (χ4n) is 3.66. The Morgan fingerprint density at radius 1 is 1.16 bits per heavy atom. The van der Waals surface area contributed by atoms with Gasteiger partial charge in [0.05, 0.1) is 5.56 Å². The van der Waals surface area contributed by atoms with Crippen LogP contribution in [0.5, 0.6) is 0 Å². The molecule has 1 saturated heterocycles. The van der Waals surface area contributed by atoms with Crippen molar-refractivity contribution < 1.29 is 18.0 Å². The molecule has 1 aromatic carbocycles. The zero-order valence-electron chi connectivity index (χ0n) is 14.4. The molecule has 1 aliphatic carbocycles. The van der Waals surface area contributed by atoms with Gasteiger partial charge in [-0.1, -0.05) is 19.4 Å².